The third-order valence-corrected chi connectivity index (χ3v) is 7.60. The van der Waals surface area contributed by atoms with Crippen LogP contribution in [0.15, 0.2) is 48.5 Å². The SMILES string of the molecule is O=C(O)CC12CCC(CC1)N2C(=O)COCCNC(=O)OCC1c2ccccc2-c2ccccc21. The van der Waals surface area contributed by atoms with Crippen LogP contribution in [0.5, 0.6) is 0 Å². The smallest absolute Gasteiger partial charge is 0.407 e. The molecule has 1 aliphatic carbocycles. The molecule has 35 heavy (non-hydrogen) atoms. The fourth-order valence-electron chi connectivity index (χ4n) is 6.14. The highest BCUT2D eigenvalue weighted by molar-refractivity contribution is 5.81. The van der Waals surface area contributed by atoms with Crippen LogP contribution in [0.4, 0.5) is 4.79 Å². The van der Waals surface area contributed by atoms with Gasteiger partial charge in [-0.25, -0.2) is 4.79 Å². The molecule has 0 atom stereocenters. The Kier molecular flexibility index (Phi) is 6.47. The van der Waals surface area contributed by atoms with E-state index in [-0.39, 0.29) is 50.7 Å². The molecule has 2 bridgehead atoms. The van der Waals surface area contributed by atoms with Gasteiger partial charge in [0.05, 0.1) is 18.6 Å². The molecule has 8 nitrogen and oxygen atoms in total. The van der Waals surface area contributed by atoms with E-state index in [2.05, 4.69) is 29.6 Å². The summed E-state index contributed by atoms with van der Waals surface area (Å²) < 4.78 is 11.0. The van der Waals surface area contributed by atoms with Crippen LogP contribution in [0.25, 0.3) is 11.1 Å². The van der Waals surface area contributed by atoms with Crippen molar-refractivity contribution in [2.45, 2.75) is 49.6 Å². The molecular weight excluding hydrogens is 448 g/mol. The Morgan fingerprint density at radius 3 is 2.26 bits per heavy atom. The number of carbonyl (C=O) groups excluding carboxylic acids is 2. The highest BCUT2D eigenvalue weighted by atomic mass is 16.5. The number of amides is 2. The number of carbonyl (C=O) groups is 3. The molecule has 0 radical (unpaired) electrons. The molecule has 0 unspecified atom stereocenters. The molecule has 2 saturated heterocycles. The van der Waals surface area contributed by atoms with E-state index in [0.29, 0.717) is 0 Å². The quantitative estimate of drug-likeness (QED) is 0.534. The van der Waals surface area contributed by atoms with Gasteiger partial charge in [-0.2, -0.15) is 0 Å². The Balaban J connectivity index is 1.05. The molecule has 2 heterocycles. The molecule has 2 aromatic rings. The molecule has 0 saturated carbocycles. The summed E-state index contributed by atoms with van der Waals surface area (Å²) in [5.74, 6) is -1.05. The van der Waals surface area contributed by atoms with Crippen molar-refractivity contribution < 1.29 is 29.0 Å². The van der Waals surface area contributed by atoms with Crippen molar-refractivity contribution in [1.82, 2.24) is 10.2 Å². The second-order valence-electron chi connectivity index (χ2n) is 9.59. The zero-order valence-electron chi connectivity index (χ0n) is 19.6. The topological polar surface area (TPSA) is 105 Å². The predicted octanol–water partition coefficient (Wildman–Crippen LogP) is 3.54. The molecule has 2 aliphatic heterocycles. The molecule has 184 valence electrons. The third-order valence-electron chi connectivity index (χ3n) is 7.60. The van der Waals surface area contributed by atoms with Crippen LogP contribution in [0.2, 0.25) is 0 Å². The van der Waals surface area contributed by atoms with Crippen LogP contribution in [-0.2, 0) is 19.1 Å². The predicted molar refractivity (Wildman–Crippen MR) is 128 cm³/mol. The summed E-state index contributed by atoms with van der Waals surface area (Å²) in [6.45, 7) is 0.499. The standard InChI is InChI=1S/C27H30N2O6/c30-24(29-18-9-11-27(29,12-10-18)15-25(31)32)17-34-14-13-28-26(33)35-16-23-21-7-3-1-5-19(21)20-6-2-4-8-22(20)23/h1-8,18,23H,9-17H2,(H,28,33)(H,31,32). The summed E-state index contributed by atoms with van der Waals surface area (Å²) >= 11 is 0. The summed E-state index contributed by atoms with van der Waals surface area (Å²) in [7, 11) is 0. The number of alkyl carbamates (subject to hydrolysis) is 1. The van der Waals surface area contributed by atoms with E-state index in [1.54, 1.807) is 4.90 Å². The monoisotopic (exact) mass is 478 g/mol. The van der Waals surface area contributed by atoms with E-state index in [1.807, 2.05) is 24.3 Å². The van der Waals surface area contributed by atoms with E-state index in [0.717, 1.165) is 36.8 Å². The largest absolute Gasteiger partial charge is 0.481 e. The molecule has 8 heteroatoms. The second-order valence-corrected chi connectivity index (χ2v) is 9.59. The number of ether oxygens (including phenoxy) is 2. The number of nitrogens with zero attached hydrogens (tertiary/aromatic N) is 1. The molecule has 2 amide bonds. The maximum Gasteiger partial charge on any atom is 0.407 e. The number of hydrogen-bond acceptors (Lipinski definition) is 5. The zero-order valence-corrected chi connectivity index (χ0v) is 19.6. The highest BCUT2D eigenvalue weighted by Crippen LogP contribution is 2.48. The van der Waals surface area contributed by atoms with Crippen molar-refractivity contribution in [1.29, 1.82) is 0 Å². The number of carboxylic acids is 1. The van der Waals surface area contributed by atoms with Crippen LogP contribution in [-0.4, -0.2) is 65.9 Å². The van der Waals surface area contributed by atoms with E-state index in [1.165, 1.54) is 11.1 Å². The van der Waals surface area contributed by atoms with Gasteiger partial charge < -0.3 is 24.8 Å². The van der Waals surface area contributed by atoms with Crippen molar-refractivity contribution >= 4 is 18.0 Å². The van der Waals surface area contributed by atoms with Crippen molar-refractivity contribution in [3.05, 3.63) is 59.7 Å². The first kappa shape index (κ1) is 23.4. The molecule has 0 aromatic heterocycles. The maximum atomic E-state index is 12.7. The molecule has 2 fully saturated rings. The average molecular weight is 479 g/mol. The van der Waals surface area contributed by atoms with Gasteiger partial charge in [-0.05, 0) is 47.9 Å². The van der Waals surface area contributed by atoms with Gasteiger partial charge in [0.25, 0.3) is 0 Å². The van der Waals surface area contributed by atoms with Crippen LogP contribution in [0, 0.1) is 0 Å². The fraction of sp³-hybridized carbons (Fsp3) is 0.444. The van der Waals surface area contributed by atoms with Crippen LogP contribution in [0.1, 0.15) is 49.1 Å². The number of aliphatic carboxylic acids is 1. The van der Waals surface area contributed by atoms with E-state index >= 15 is 0 Å². The number of fused-ring (bicyclic) bond motifs is 5. The van der Waals surface area contributed by atoms with Crippen molar-refractivity contribution in [3.63, 3.8) is 0 Å². The minimum atomic E-state index is -0.876. The Morgan fingerprint density at radius 1 is 1.00 bits per heavy atom. The molecule has 5 rings (SSSR count). The molecule has 3 aliphatic rings. The number of hydrogen-bond donors (Lipinski definition) is 2. The maximum absolute atomic E-state index is 12.7. The third kappa shape index (κ3) is 4.50. The first-order valence-corrected chi connectivity index (χ1v) is 12.2. The first-order valence-electron chi connectivity index (χ1n) is 12.2. The van der Waals surface area contributed by atoms with Crippen LogP contribution >= 0.6 is 0 Å². The summed E-state index contributed by atoms with van der Waals surface area (Å²) in [5, 5.41) is 11.9. The van der Waals surface area contributed by atoms with Crippen LogP contribution < -0.4 is 5.32 Å². The normalized spacial score (nSPS) is 22.1. The fourth-order valence-corrected chi connectivity index (χ4v) is 6.14. The average Bonchev–Trinajstić information content (AvgIpc) is 3.49. The lowest BCUT2D eigenvalue weighted by Crippen LogP contribution is -2.48. The van der Waals surface area contributed by atoms with Crippen molar-refractivity contribution in [2.75, 3.05) is 26.4 Å². The Morgan fingerprint density at radius 2 is 1.63 bits per heavy atom. The Bertz CT molecular complexity index is 1080. The van der Waals surface area contributed by atoms with Gasteiger partial charge in [-0.15, -0.1) is 0 Å². The minimum Gasteiger partial charge on any atom is -0.481 e. The summed E-state index contributed by atoms with van der Waals surface area (Å²) in [6, 6.07) is 16.4. The number of rotatable bonds is 9. The van der Waals surface area contributed by atoms with Crippen molar-refractivity contribution in [3.8, 4) is 11.1 Å². The number of nitrogens with one attached hydrogen (secondary N) is 1. The summed E-state index contributed by atoms with van der Waals surface area (Å²) in [6.07, 6.45) is 2.63. The Hall–Kier alpha value is -3.39. The van der Waals surface area contributed by atoms with E-state index in [9.17, 15) is 19.5 Å². The summed E-state index contributed by atoms with van der Waals surface area (Å²) in [5.41, 5.74) is 4.09. The Labute approximate surface area is 204 Å². The summed E-state index contributed by atoms with van der Waals surface area (Å²) in [4.78, 5) is 38.0. The van der Waals surface area contributed by atoms with Gasteiger partial charge in [0.15, 0.2) is 0 Å². The molecule has 2 N–H and O–H groups in total. The zero-order chi connectivity index (χ0) is 24.4. The lowest BCUT2D eigenvalue weighted by atomic mass is 9.85. The number of benzene rings is 2. The van der Waals surface area contributed by atoms with Crippen LogP contribution in [0.3, 0.4) is 0 Å². The molecular formula is C27H30N2O6. The van der Waals surface area contributed by atoms with Gasteiger partial charge in [0.2, 0.25) is 5.91 Å². The lowest BCUT2D eigenvalue weighted by molar-refractivity contribution is -0.145. The van der Waals surface area contributed by atoms with Crippen molar-refractivity contribution in [2.24, 2.45) is 0 Å². The number of carboxylic acid groups (broad SMARTS) is 1. The van der Waals surface area contributed by atoms with Gasteiger partial charge in [0.1, 0.15) is 13.2 Å². The molecule has 0 spiro atoms. The lowest BCUT2D eigenvalue weighted by Gasteiger charge is -2.33. The molecule has 2 aromatic carbocycles. The van der Waals surface area contributed by atoms with Gasteiger partial charge in [-0.3, -0.25) is 9.59 Å². The first-order chi connectivity index (χ1) is 17.0. The van der Waals surface area contributed by atoms with Gasteiger partial charge in [0, 0.05) is 18.5 Å². The van der Waals surface area contributed by atoms with E-state index in [4.69, 9.17) is 9.47 Å². The van der Waals surface area contributed by atoms with Gasteiger partial charge >= 0.3 is 12.1 Å². The minimum absolute atomic E-state index is 0.00373. The van der Waals surface area contributed by atoms with E-state index < -0.39 is 17.6 Å². The highest BCUT2D eigenvalue weighted by Gasteiger charge is 2.54. The van der Waals surface area contributed by atoms with Gasteiger partial charge in [-0.1, -0.05) is 48.5 Å². The second kappa shape index (κ2) is 9.70.